The number of rotatable bonds is 4. The zero-order valence-electron chi connectivity index (χ0n) is 11.6. The minimum absolute atomic E-state index is 0.0262. The van der Waals surface area contributed by atoms with E-state index in [4.69, 9.17) is 5.73 Å². The van der Waals surface area contributed by atoms with Crippen LogP contribution < -0.4 is 11.1 Å². The number of primary amides is 1. The number of carbonyl (C=O) groups is 1. The Hall–Kier alpha value is -2.20. The third-order valence-corrected chi connectivity index (χ3v) is 3.97. The van der Waals surface area contributed by atoms with Crippen LogP contribution in [0, 0.1) is 5.82 Å². The molecule has 1 aliphatic rings. The predicted octanol–water partition coefficient (Wildman–Crippen LogP) is 2.63. The van der Waals surface area contributed by atoms with Crippen LogP contribution in [0.4, 0.5) is 4.39 Å². The van der Waals surface area contributed by atoms with Crippen molar-refractivity contribution in [3.8, 4) is 0 Å². The molecular weight excluding hydrogens is 267 g/mol. The maximum Gasteiger partial charge on any atom is 0.239 e. The van der Waals surface area contributed by atoms with E-state index in [2.05, 4.69) is 5.32 Å². The molecule has 0 saturated heterocycles. The molecule has 3 rings (SSSR count). The highest BCUT2D eigenvalue weighted by Gasteiger charge is 2.27. The SMILES string of the molecule is NC(=O)C(NC1CCc2cc(F)ccc21)c1ccccc1. The van der Waals surface area contributed by atoms with Gasteiger partial charge in [0, 0.05) is 6.04 Å². The van der Waals surface area contributed by atoms with Gasteiger partial charge in [-0.25, -0.2) is 4.39 Å². The molecule has 108 valence electrons. The van der Waals surface area contributed by atoms with Gasteiger partial charge in [0.25, 0.3) is 0 Å². The lowest BCUT2D eigenvalue weighted by Gasteiger charge is -2.21. The van der Waals surface area contributed by atoms with Crippen LogP contribution in [0.3, 0.4) is 0 Å². The third-order valence-electron chi connectivity index (χ3n) is 3.97. The number of halogens is 1. The standard InChI is InChI=1S/C17H17FN2O/c18-13-7-8-14-12(10-13)6-9-15(14)20-16(17(19)21)11-4-2-1-3-5-11/h1-5,7-8,10,15-16,20H,6,9H2,(H2,19,21). The molecule has 4 heteroatoms. The molecule has 0 spiro atoms. The summed E-state index contributed by atoms with van der Waals surface area (Å²) in [6, 6.07) is 13.7. The van der Waals surface area contributed by atoms with Gasteiger partial charge in [0.2, 0.25) is 5.91 Å². The Kier molecular flexibility index (Phi) is 3.71. The van der Waals surface area contributed by atoms with Crippen LogP contribution in [0.5, 0.6) is 0 Å². The largest absolute Gasteiger partial charge is 0.368 e. The smallest absolute Gasteiger partial charge is 0.239 e. The van der Waals surface area contributed by atoms with E-state index in [1.807, 2.05) is 30.3 Å². The number of carbonyl (C=O) groups excluding carboxylic acids is 1. The van der Waals surface area contributed by atoms with Crippen molar-refractivity contribution < 1.29 is 9.18 Å². The molecule has 2 aromatic carbocycles. The molecule has 0 radical (unpaired) electrons. The minimum atomic E-state index is -0.535. The molecule has 0 aliphatic heterocycles. The van der Waals surface area contributed by atoms with Crippen LogP contribution in [0.1, 0.15) is 35.2 Å². The van der Waals surface area contributed by atoms with Crippen molar-refractivity contribution in [1.82, 2.24) is 5.32 Å². The van der Waals surface area contributed by atoms with Gasteiger partial charge >= 0.3 is 0 Å². The zero-order valence-corrected chi connectivity index (χ0v) is 11.6. The second kappa shape index (κ2) is 5.66. The van der Waals surface area contributed by atoms with E-state index in [0.29, 0.717) is 0 Å². The second-order valence-corrected chi connectivity index (χ2v) is 5.35. The van der Waals surface area contributed by atoms with Crippen LogP contribution in [-0.4, -0.2) is 5.91 Å². The zero-order chi connectivity index (χ0) is 14.8. The number of nitrogens with two attached hydrogens (primary N) is 1. The first-order chi connectivity index (χ1) is 10.1. The fraction of sp³-hybridized carbons (Fsp3) is 0.235. The summed E-state index contributed by atoms with van der Waals surface area (Å²) in [7, 11) is 0. The maximum atomic E-state index is 13.3. The van der Waals surface area contributed by atoms with Gasteiger partial charge in [0.05, 0.1) is 0 Å². The van der Waals surface area contributed by atoms with Gasteiger partial charge in [-0.2, -0.15) is 0 Å². The van der Waals surface area contributed by atoms with Crippen molar-refractivity contribution in [3.05, 3.63) is 71.0 Å². The first-order valence-corrected chi connectivity index (χ1v) is 7.04. The monoisotopic (exact) mass is 284 g/mol. The van der Waals surface area contributed by atoms with E-state index >= 15 is 0 Å². The van der Waals surface area contributed by atoms with Gasteiger partial charge in [0.1, 0.15) is 11.9 Å². The minimum Gasteiger partial charge on any atom is -0.368 e. The molecule has 0 fully saturated rings. The number of benzene rings is 2. The number of hydrogen-bond acceptors (Lipinski definition) is 2. The summed E-state index contributed by atoms with van der Waals surface area (Å²) >= 11 is 0. The summed E-state index contributed by atoms with van der Waals surface area (Å²) in [5.74, 6) is -0.624. The Morgan fingerprint density at radius 2 is 2.00 bits per heavy atom. The third kappa shape index (κ3) is 2.81. The maximum absolute atomic E-state index is 13.3. The van der Waals surface area contributed by atoms with Crippen molar-refractivity contribution in [2.45, 2.75) is 24.9 Å². The average molecular weight is 284 g/mol. The molecule has 2 aromatic rings. The first kappa shape index (κ1) is 13.8. The lowest BCUT2D eigenvalue weighted by molar-refractivity contribution is -0.120. The van der Waals surface area contributed by atoms with E-state index in [1.165, 1.54) is 6.07 Å². The summed E-state index contributed by atoms with van der Waals surface area (Å²) in [4.78, 5) is 11.8. The molecule has 21 heavy (non-hydrogen) atoms. The quantitative estimate of drug-likeness (QED) is 0.907. The highest BCUT2D eigenvalue weighted by molar-refractivity contribution is 5.81. The van der Waals surface area contributed by atoms with Crippen LogP contribution in [-0.2, 0) is 11.2 Å². The van der Waals surface area contributed by atoms with Gasteiger partial charge in [-0.15, -0.1) is 0 Å². The summed E-state index contributed by atoms with van der Waals surface area (Å²) in [5.41, 5.74) is 8.43. The van der Waals surface area contributed by atoms with Crippen LogP contribution in [0.25, 0.3) is 0 Å². The normalized spacial score (nSPS) is 18.2. The fourth-order valence-electron chi connectivity index (χ4n) is 2.95. The Bertz CT molecular complexity index is 657. The Labute approximate surface area is 123 Å². The van der Waals surface area contributed by atoms with E-state index in [-0.39, 0.29) is 11.9 Å². The molecule has 0 bridgehead atoms. The second-order valence-electron chi connectivity index (χ2n) is 5.35. The molecule has 2 atom stereocenters. The predicted molar refractivity (Wildman–Crippen MR) is 79.0 cm³/mol. The molecular formula is C17H17FN2O. The lowest BCUT2D eigenvalue weighted by Crippen LogP contribution is -2.35. The fourth-order valence-corrected chi connectivity index (χ4v) is 2.95. The molecule has 0 heterocycles. The topological polar surface area (TPSA) is 55.1 Å². The molecule has 2 unspecified atom stereocenters. The summed E-state index contributed by atoms with van der Waals surface area (Å²) in [5, 5.41) is 3.31. The van der Waals surface area contributed by atoms with Crippen molar-refractivity contribution in [2.75, 3.05) is 0 Å². The van der Waals surface area contributed by atoms with E-state index in [1.54, 1.807) is 12.1 Å². The number of aryl methyl sites for hydroxylation is 1. The summed E-state index contributed by atoms with van der Waals surface area (Å²) < 4.78 is 13.3. The van der Waals surface area contributed by atoms with Gasteiger partial charge < -0.3 is 5.73 Å². The molecule has 0 saturated carbocycles. The molecule has 1 amide bonds. The van der Waals surface area contributed by atoms with Crippen molar-refractivity contribution in [2.24, 2.45) is 5.73 Å². The van der Waals surface area contributed by atoms with Gasteiger partial charge in [-0.1, -0.05) is 36.4 Å². The molecule has 0 aromatic heterocycles. The van der Waals surface area contributed by atoms with E-state index in [9.17, 15) is 9.18 Å². The van der Waals surface area contributed by atoms with Crippen molar-refractivity contribution in [1.29, 1.82) is 0 Å². The number of fused-ring (bicyclic) bond motifs is 1. The van der Waals surface area contributed by atoms with E-state index in [0.717, 1.165) is 29.5 Å². The van der Waals surface area contributed by atoms with Gasteiger partial charge in [0.15, 0.2) is 0 Å². The Morgan fingerprint density at radius 3 is 2.71 bits per heavy atom. The number of nitrogens with one attached hydrogen (secondary N) is 1. The molecule has 3 N–H and O–H groups in total. The van der Waals surface area contributed by atoms with Crippen LogP contribution in [0.15, 0.2) is 48.5 Å². The highest BCUT2D eigenvalue weighted by Crippen LogP contribution is 2.33. The summed E-state index contributed by atoms with van der Waals surface area (Å²) in [6.45, 7) is 0. The van der Waals surface area contributed by atoms with Crippen LogP contribution in [0.2, 0.25) is 0 Å². The van der Waals surface area contributed by atoms with E-state index < -0.39 is 11.9 Å². The summed E-state index contributed by atoms with van der Waals surface area (Å²) in [6.07, 6.45) is 1.65. The van der Waals surface area contributed by atoms with Gasteiger partial charge in [-0.05, 0) is 41.7 Å². The Balaban J connectivity index is 1.85. The first-order valence-electron chi connectivity index (χ1n) is 7.04. The number of hydrogen-bond donors (Lipinski definition) is 2. The van der Waals surface area contributed by atoms with Crippen LogP contribution >= 0.6 is 0 Å². The van der Waals surface area contributed by atoms with Crippen molar-refractivity contribution in [3.63, 3.8) is 0 Å². The average Bonchev–Trinajstić information content (AvgIpc) is 2.87. The van der Waals surface area contributed by atoms with Crippen molar-refractivity contribution >= 4 is 5.91 Å². The highest BCUT2D eigenvalue weighted by atomic mass is 19.1. The Morgan fingerprint density at radius 1 is 1.24 bits per heavy atom. The molecule has 1 aliphatic carbocycles. The molecule has 3 nitrogen and oxygen atoms in total. The number of amides is 1. The lowest BCUT2D eigenvalue weighted by atomic mass is 10.0. The van der Waals surface area contributed by atoms with Gasteiger partial charge in [-0.3, -0.25) is 10.1 Å².